The molecule has 0 radical (unpaired) electrons. The number of hydrogen-bond acceptors (Lipinski definition) is 3. The second-order valence-corrected chi connectivity index (χ2v) is 8.53. The number of rotatable bonds is 8. The molecular formula is C28H30N2O3. The van der Waals surface area contributed by atoms with Crippen molar-refractivity contribution in [2.75, 3.05) is 18.1 Å². The molecule has 1 fully saturated rings. The van der Waals surface area contributed by atoms with Crippen molar-refractivity contribution in [2.45, 2.75) is 38.8 Å². The first-order valence-electron chi connectivity index (χ1n) is 11.5. The number of nitrogens with one attached hydrogen (secondary N) is 1. The summed E-state index contributed by atoms with van der Waals surface area (Å²) in [5.74, 6) is -0.0756. The van der Waals surface area contributed by atoms with Gasteiger partial charge in [-0.2, -0.15) is 0 Å². The van der Waals surface area contributed by atoms with Crippen molar-refractivity contribution in [2.24, 2.45) is 0 Å². The molecule has 5 nitrogen and oxygen atoms in total. The Balaban J connectivity index is 1.47. The van der Waals surface area contributed by atoms with Gasteiger partial charge in [0.05, 0.1) is 19.1 Å². The van der Waals surface area contributed by atoms with Crippen LogP contribution in [0.5, 0.6) is 0 Å². The van der Waals surface area contributed by atoms with Gasteiger partial charge >= 0.3 is 0 Å². The predicted molar refractivity (Wildman–Crippen MR) is 130 cm³/mol. The van der Waals surface area contributed by atoms with Crippen molar-refractivity contribution >= 4 is 17.5 Å². The average Bonchev–Trinajstić information content (AvgIpc) is 3.37. The van der Waals surface area contributed by atoms with Gasteiger partial charge in [-0.1, -0.05) is 60.2 Å². The Kier molecular flexibility index (Phi) is 7.53. The van der Waals surface area contributed by atoms with E-state index in [0.29, 0.717) is 25.1 Å². The first kappa shape index (κ1) is 22.7. The Labute approximate surface area is 195 Å². The van der Waals surface area contributed by atoms with Crippen molar-refractivity contribution in [1.82, 2.24) is 5.32 Å². The highest BCUT2D eigenvalue weighted by Crippen LogP contribution is 2.22. The van der Waals surface area contributed by atoms with E-state index in [-0.39, 0.29) is 17.9 Å². The minimum Gasteiger partial charge on any atom is -0.376 e. The van der Waals surface area contributed by atoms with Gasteiger partial charge in [-0.15, -0.1) is 0 Å². The van der Waals surface area contributed by atoms with E-state index in [1.165, 1.54) is 5.56 Å². The maximum Gasteiger partial charge on any atom is 0.258 e. The molecule has 3 aromatic rings. The number of anilines is 1. The van der Waals surface area contributed by atoms with Gasteiger partial charge < -0.3 is 15.0 Å². The number of nitrogens with zero attached hydrogens (tertiary/aromatic N) is 1. The lowest BCUT2D eigenvalue weighted by molar-refractivity contribution is -0.120. The van der Waals surface area contributed by atoms with Gasteiger partial charge in [-0.3, -0.25) is 9.59 Å². The lowest BCUT2D eigenvalue weighted by Crippen LogP contribution is -2.32. The quantitative estimate of drug-likeness (QED) is 0.551. The van der Waals surface area contributed by atoms with E-state index < -0.39 is 0 Å². The third-order valence-electron chi connectivity index (χ3n) is 5.89. The highest BCUT2D eigenvalue weighted by Gasteiger charge is 2.19. The maximum atomic E-state index is 13.3. The minimum absolute atomic E-state index is 0.0184. The second-order valence-electron chi connectivity index (χ2n) is 8.53. The van der Waals surface area contributed by atoms with E-state index in [9.17, 15) is 9.59 Å². The van der Waals surface area contributed by atoms with Gasteiger partial charge in [0.2, 0.25) is 5.91 Å². The third-order valence-corrected chi connectivity index (χ3v) is 5.89. The van der Waals surface area contributed by atoms with Gasteiger partial charge in [0.15, 0.2) is 0 Å². The fourth-order valence-electron chi connectivity index (χ4n) is 3.97. The van der Waals surface area contributed by atoms with Crippen molar-refractivity contribution < 1.29 is 14.3 Å². The molecule has 1 aliphatic rings. The Morgan fingerprint density at radius 2 is 1.64 bits per heavy atom. The first-order valence-corrected chi connectivity index (χ1v) is 11.5. The molecule has 0 aromatic heterocycles. The van der Waals surface area contributed by atoms with Crippen molar-refractivity contribution in [1.29, 1.82) is 0 Å². The molecule has 1 saturated heterocycles. The fraction of sp³-hybridized carbons (Fsp3) is 0.286. The van der Waals surface area contributed by atoms with Crippen LogP contribution in [0.1, 0.15) is 39.9 Å². The molecule has 0 bridgehead atoms. The predicted octanol–water partition coefficient (Wildman–Crippen LogP) is 4.68. The van der Waals surface area contributed by atoms with Crippen LogP contribution in [-0.4, -0.2) is 31.1 Å². The zero-order valence-corrected chi connectivity index (χ0v) is 19.0. The highest BCUT2D eigenvalue weighted by molar-refractivity contribution is 6.06. The zero-order chi connectivity index (χ0) is 23.0. The molecule has 1 N–H and O–H groups in total. The topological polar surface area (TPSA) is 58.6 Å². The Hall–Kier alpha value is -3.44. The van der Waals surface area contributed by atoms with Gasteiger partial charge in [0.25, 0.3) is 5.91 Å². The van der Waals surface area contributed by atoms with Gasteiger partial charge in [0, 0.05) is 24.4 Å². The molecule has 5 heteroatoms. The molecule has 2 amide bonds. The fourth-order valence-corrected chi connectivity index (χ4v) is 3.97. The first-order chi connectivity index (χ1) is 16.1. The van der Waals surface area contributed by atoms with Crippen LogP contribution in [0, 0.1) is 6.92 Å². The number of benzene rings is 3. The number of ether oxygens (including phenoxy) is 1. The van der Waals surface area contributed by atoms with Crippen molar-refractivity contribution in [3.05, 3.63) is 101 Å². The van der Waals surface area contributed by atoms with Gasteiger partial charge in [0.1, 0.15) is 0 Å². The molecule has 0 unspecified atom stereocenters. The summed E-state index contributed by atoms with van der Waals surface area (Å²) in [5.41, 5.74) is 4.59. The maximum absolute atomic E-state index is 13.3. The molecule has 1 atom stereocenters. The summed E-state index contributed by atoms with van der Waals surface area (Å²) < 4.78 is 5.56. The summed E-state index contributed by atoms with van der Waals surface area (Å²) in [6.45, 7) is 3.86. The summed E-state index contributed by atoms with van der Waals surface area (Å²) in [6.07, 6.45) is 2.50. The molecule has 1 aliphatic heterocycles. The monoisotopic (exact) mass is 442 g/mol. The normalized spacial score (nSPS) is 15.2. The summed E-state index contributed by atoms with van der Waals surface area (Å²) in [7, 11) is 0. The SMILES string of the molecule is Cc1ccc(CN(C(=O)c2ccccc2)c2ccc(CC(=O)NC[C@@H]3CCCO3)cc2)cc1. The minimum atomic E-state index is -0.0572. The molecule has 0 aliphatic carbocycles. The second kappa shape index (κ2) is 10.9. The zero-order valence-electron chi connectivity index (χ0n) is 19.0. The van der Waals surface area contributed by atoms with Crippen LogP contribution in [0.4, 0.5) is 5.69 Å². The lowest BCUT2D eigenvalue weighted by atomic mass is 10.1. The lowest BCUT2D eigenvalue weighted by Gasteiger charge is -2.23. The van der Waals surface area contributed by atoms with Crippen LogP contribution in [-0.2, 0) is 22.5 Å². The molecule has 0 spiro atoms. The number of aryl methyl sites for hydroxylation is 1. The third kappa shape index (κ3) is 6.30. The summed E-state index contributed by atoms with van der Waals surface area (Å²) in [5, 5.41) is 2.96. The standard InChI is InChI=1S/C28H30N2O3/c1-21-9-11-23(12-10-21)20-30(28(32)24-6-3-2-4-7-24)25-15-13-22(14-16-25)18-27(31)29-19-26-8-5-17-33-26/h2-4,6-7,9-16,26H,5,8,17-20H2,1H3,(H,29,31)/t26-/m0/s1. The van der Waals surface area contributed by atoms with E-state index in [2.05, 4.69) is 17.4 Å². The smallest absolute Gasteiger partial charge is 0.258 e. The number of hydrogen-bond donors (Lipinski definition) is 1. The summed E-state index contributed by atoms with van der Waals surface area (Å²) in [6, 6.07) is 25.2. The molecule has 4 rings (SSSR count). The van der Waals surface area contributed by atoms with Crippen molar-refractivity contribution in [3.8, 4) is 0 Å². The largest absolute Gasteiger partial charge is 0.376 e. The molecule has 170 valence electrons. The van der Waals surface area contributed by atoms with Crippen LogP contribution in [0.3, 0.4) is 0 Å². The van der Waals surface area contributed by atoms with E-state index in [4.69, 9.17) is 4.74 Å². The van der Waals surface area contributed by atoms with Crippen LogP contribution in [0.2, 0.25) is 0 Å². The van der Waals surface area contributed by atoms with Gasteiger partial charge in [-0.05, 0) is 55.2 Å². The van der Waals surface area contributed by atoms with Crippen molar-refractivity contribution in [3.63, 3.8) is 0 Å². The van der Waals surface area contributed by atoms with Crippen LogP contribution >= 0.6 is 0 Å². The van der Waals surface area contributed by atoms with Crippen LogP contribution in [0.15, 0.2) is 78.9 Å². The Bertz CT molecular complexity index is 1060. The van der Waals surface area contributed by atoms with E-state index in [1.807, 2.05) is 73.7 Å². The molecule has 33 heavy (non-hydrogen) atoms. The highest BCUT2D eigenvalue weighted by atomic mass is 16.5. The number of amides is 2. The van der Waals surface area contributed by atoms with E-state index in [1.54, 1.807) is 4.90 Å². The molecule has 0 saturated carbocycles. The van der Waals surface area contributed by atoms with Crippen LogP contribution in [0.25, 0.3) is 0 Å². The average molecular weight is 443 g/mol. The summed E-state index contributed by atoms with van der Waals surface area (Å²) >= 11 is 0. The Morgan fingerprint density at radius 3 is 2.30 bits per heavy atom. The molecule has 3 aromatic carbocycles. The molecular weight excluding hydrogens is 412 g/mol. The Morgan fingerprint density at radius 1 is 0.939 bits per heavy atom. The van der Waals surface area contributed by atoms with Crippen LogP contribution < -0.4 is 10.2 Å². The number of carbonyl (C=O) groups is 2. The summed E-state index contributed by atoms with van der Waals surface area (Å²) in [4.78, 5) is 27.4. The van der Waals surface area contributed by atoms with Gasteiger partial charge in [-0.25, -0.2) is 0 Å². The number of carbonyl (C=O) groups excluding carboxylic acids is 2. The van der Waals surface area contributed by atoms with E-state index in [0.717, 1.165) is 36.3 Å². The van der Waals surface area contributed by atoms with E-state index >= 15 is 0 Å². The molecule has 1 heterocycles.